The van der Waals surface area contributed by atoms with Crippen molar-refractivity contribution in [3.05, 3.63) is 35.9 Å². The van der Waals surface area contributed by atoms with Gasteiger partial charge < -0.3 is 9.84 Å². The van der Waals surface area contributed by atoms with Gasteiger partial charge in [0, 0.05) is 6.42 Å². The van der Waals surface area contributed by atoms with Crippen molar-refractivity contribution in [3.63, 3.8) is 0 Å². The summed E-state index contributed by atoms with van der Waals surface area (Å²) in [6.07, 6.45) is -4.22. The number of rotatable bonds is 6. The third-order valence-electron chi connectivity index (χ3n) is 5.16. The second-order valence-electron chi connectivity index (χ2n) is 8.79. The van der Waals surface area contributed by atoms with Crippen molar-refractivity contribution in [2.75, 3.05) is 0 Å². The third kappa shape index (κ3) is 3.73. The van der Waals surface area contributed by atoms with E-state index in [0.717, 1.165) is 0 Å². The van der Waals surface area contributed by atoms with Gasteiger partial charge in [0.05, 0.1) is 0 Å². The van der Waals surface area contributed by atoms with Gasteiger partial charge in [-0.1, -0.05) is 30.3 Å². The van der Waals surface area contributed by atoms with Crippen molar-refractivity contribution in [3.8, 4) is 0 Å². The molecule has 1 atom stereocenters. The number of alkyl halides is 9. The van der Waals surface area contributed by atoms with Crippen LogP contribution >= 0.6 is 0 Å². The van der Waals surface area contributed by atoms with Gasteiger partial charge >= 0.3 is 29.7 Å². The van der Waals surface area contributed by atoms with Gasteiger partial charge in [0.2, 0.25) is 0 Å². The molecule has 0 aliphatic heterocycles. The van der Waals surface area contributed by atoms with Gasteiger partial charge in [0.25, 0.3) is 5.67 Å². The number of halogens is 9. The molecular weight excluding hydrogens is 459 g/mol. The Hall–Kier alpha value is -1.98. The van der Waals surface area contributed by atoms with Gasteiger partial charge in [-0.15, -0.1) is 0 Å². The van der Waals surface area contributed by atoms with E-state index in [1.165, 1.54) is 45.0 Å². The molecule has 0 amide bonds. The van der Waals surface area contributed by atoms with Crippen molar-refractivity contribution >= 4 is 5.97 Å². The molecule has 1 aliphatic rings. The summed E-state index contributed by atoms with van der Waals surface area (Å²) in [4.78, 5) is 12.5. The fourth-order valence-corrected chi connectivity index (χ4v) is 3.35. The second-order valence-corrected chi connectivity index (χ2v) is 8.79. The molecule has 1 N–H and O–H groups in total. The number of hydrogen-bond donors (Lipinski definition) is 1. The number of carbonyl (C=O) groups excluding carboxylic acids is 1. The van der Waals surface area contributed by atoms with Gasteiger partial charge in [-0.25, -0.2) is 9.18 Å². The number of carbonyl (C=O) groups is 1. The molecule has 3 nitrogen and oxygen atoms in total. The number of ether oxygens (including phenoxy) is 1. The van der Waals surface area contributed by atoms with Crippen LogP contribution in [0.1, 0.15) is 39.2 Å². The Balaban J connectivity index is 2.55. The highest BCUT2D eigenvalue weighted by molar-refractivity contribution is 5.80. The SMILES string of the molecule is CC(C)(C)OC(=O)C(O)(CCc1ccccc1)CC1(F)C(F)(F)C(F)(F)C(F)(F)C1(F)F. The van der Waals surface area contributed by atoms with Crippen LogP contribution in [0, 0.1) is 0 Å². The lowest BCUT2D eigenvalue weighted by molar-refractivity contribution is -0.303. The van der Waals surface area contributed by atoms with Gasteiger partial charge in [-0.05, 0) is 39.2 Å². The Kier molecular flexibility index (Phi) is 6.18. The minimum Gasteiger partial charge on any atom is -0.458 e. The summed E-state index contributed by atoms with van der Waals surface area (Å²) < 4.78 is 131. The number of esters is 1. The molecule has 0 heterocycles. The first kappa shape index (κ1) is 26.3. The molecule has 1 aromatic carbocycles. The average Bonchev–Trinajstić information content (AvgIpc) is 2.69. The predicted molar refractivity (Wildman–Crippen MR) is 93.8 cm³/mol. The lowest BCUT2D eigenvalue weighted by atomic mass is 9.80. The molecule has 0 saturated heterocycles. The van der Waals surface area contributed by atoms with Gasteiger partial charge in [0.15, 0.2) is 5.60 Å². The number of aliphatic hydroxyl groups is 1. The van der Waals surface area contributed by atoms with Crippen LogP contribution in [0.2, 0.25) is 0 Å². The maximum absolute atomic E-state index is 15.0. The summed E-state index contributed by atoms with van der Waals surface area (Å²) in [7, 11) is 0. The molecule has 2 rings (SSSR count). The molecule has 0 aromatic heterocycles. The molecule has 0 radical (unpaired) electrons. The van der Waals surface area contributed by atoms with E-state index in [1.54, 1.807) is 6.07 Å². The normalized spacial score (nSPS) is 24.5. The predicted octanol–water partition coefficient (Wildman–Crippen LogP) is 5.35. The highest BCUT2D eigenvalue weighted by Gasteiger charge is 3.00. The van der Waals surface area contributed by atoms with Crippen LogP contribution in [0.15, 0.2) is 30.3 Å². The van der Waals surface area contributed by atoms with Gasteiger partial charge in [0.1, 0.15) is 5.60 Å². The first-order valence-corrected chi connectivity index (χ1v) is 9.36. The monoisotopic (exact) mass is 480 g/mol. The summed E-state index contributed by atoms with van der Waals surface area (Å²) in [5, 5.41) is 10.7. The van der Waals surface area contributed by atoms with E-state index >= 15 is 4.39 Å². The Morgan fingerprint density at radius 3 is 1.69 bits per heavy atom. The summed E-state index contributed by atoms with van der Waals surface area (Å²) in [5.41, 5.74) is -10.7. The molecule has 0 bridgehead atoms. The van der Waals surface area contributed by atoms with Gasteiger partial charge in [-0.3, -0.25) is 0 Å². The Labute approximate surface area is 177 Å². The zero-order chi connectivity index (χ0) is 25.0. The topological polar surface area (TPSA) is 46.5 Å². The quantitative estimate of drug-likeness (QED) is 0.442. The van der Waals surface area contributed by atoms with E-state index in [-0.39, 0.29) is 0 Å². The minimum absolute atomic E-state index is 0.322. The van der Waals surface area contributed by atoms with Crippen LogP contribution in [-0.2, 0) is 16.0 Å². The maximum atomic E-state index is 15.0. The molecule has 1 saturated carbocycles. The highest BCUT2D eigenvalue weighted by atomic mass is 19.4. The summed E-state index contributed by atoms with van der Waals surface area (Å²) in [5.74, 6) is -28.8. The highest BCUT2D eigenvalue weighted by Crippen LogP contribution is 2.70. The van der Waals surface area contributed by atoms with Crippen molar-refractivity contribution < 1.29 is 54.2 Å². The molecule has 1 aromatic rings. The Bertz CT molecular complexity index is 824. The zero-order valence-corrected chi connectivity index (χ0v) is 17.2. The number of aryl methyl sites for hydroxylation is 1. The molecule has 1 fully saturated rings. The first-order valence-electron chi connectivity index (χ1n) is 9.36. The summed E-state index contributed by atoms with van der Waals surface area (Å²) in [6.45, 7) is 3.69. The smallest absolute Gasteiger partial charge is 0.381 e. The fourth-order valence-electron chi connectivity index (χ4n) is 3.35. The van der Waals surface area contributed by atoms with E-state index in [4.69, 9.17) is 4.74 Å². The van der Waals surface area contributed by atoms with Crippen LogP contribution in [0.25, 0.3) is 0 Å². The third-order valence-corrected chi connectivity index (χ3v) is 5.16. The van der Waals surface area contributed by atoms with Crippen molar-refractivity contribution in [1.82, 2.24) is 0 Å². The van der Waals surface area contributed by atoms with Crippen molar-refractivity contribution in [1.29, 1.82) is 0 Å². The van der Waals surface area contributed by atoms with E-state index in [0.29, 0.717) is 5.56 Å². The van der Waals surface area contributed by atoms with Crippen LogP contribution < -0.4 is 0 Å². The Morgan fingerprint density at radius 2 is 1.28 bits per heavy atom. The van der Waals surface area contributed by atoms with Crippen molar-refractivity contribution in [2.45, 2.75) is 80.6 Å². The molecule has 32 heavy (non-hydrogen) atoms. The van der Waals surface area contributed by atoms with E-state index < -0.39 is 65.8 Å². The molecular formula is C20H21F9O3. The zero-order valence-electron chi connectivity index (χ0n) is 17.2. The van der Waals surface area contributed by atoms with Gasteiger partial charge in [-0.2, -0.15) is 35.1 Å². The molecule has 182 valence electrons. The maximum Gasteiger partial charge on any atom is 0.381 e. The first-order chi connectivity index (χ1) is 14.2. The van der Waals surface area contributed by atoms with Crippen molar-refractivity contribution in [2.24, 2.45) is 0 Å². The number of hydrogen-bond acceptors (Lipinski definition) is 3. The number of benzene rings is 1. The molecule has 1 aliphatic carbocycles. The van der Waals surface area contributed by atoms with Crippen LogP contribution in [0.4, 0.5) is 39.5 Å². The van der Waals surface area contributed by atoms with E-state index in [2.05, 4.69) is 0 Å². The lowest BCUT2D eigenvalue weighted by Gasteiger charge is -2.38. The summed E-state index contributed by atoms with van der Waals surface area (Å²) in [6, 6.07) is 7.37. The van der Waals surface area contributed by atoms with Crippen LogP contribution in [0.3, 0.4) is 0 Å². The van der Waals surface area contributed by atoms with Crippen LogP contribution in [0.5, 0.6) is 0 Å². The van der Waals surface area contributed by atoms with E-state index in [9.17, 15) is 45.0 Å². The van der Waals surface area contributed by atoms with Crippen LogP contribution in [-0.4, -0.2) is 51.6 Å². The standard InChI is InChI=1S/C20H21F9O3/c1-14(2,3)32-13(30)15(31,10-9-12-7-5-4-6-8-12)11-16(21)17(22,23)19(26,27)20(28,29)18(16,24)25/h4-8,31H,9-11H2,1-3H3. The molecule has 12 heteroatoms. The summed E-state index contributed by atoms with van der Waals surface area (Å²) >= 11 is 0. The minimum atomic E-state index is -6.80. The molecule has 0 spiro atoms. The average molecular weight is 480 g/mol. The Morgan fingerprint density at radius 1 is 0.844 bits per heavy atom. The molecule has 1 unspecified atom stereocenters. The fraction of sp³-hybridized carbons (Fsp3) is 0.650. The second kappa shape index (κ2) is 7.53. The largest absolute Gasteiger partial charge is 0.458 e. The van der Waals surface area contributed by atoms with E-state index in [1.807, 2.05) is 0 Å². The lowest BCUT2D eigenvalue weighted by Crippen LogP contribution is -2.60.